The second-order valence-corrected chi connectivity index (χ2v) is 10.6. The molecule has 6 nitrogen and oxygen atoms in total. The fourth-order valence-corrected chi connectivity index (χ4v) is 6.07. The van der Waals surface area contributed by atoms with E-state index in [1.807, 2.05) is 23.6 Å². The fourth-order valence-electron chi connectivity index (χ4n) is 3.50. The third-order valence-corrected chi connectivity index (χ3v) is 8.11. The van der Waals surface area contributed by atoms with E-state index in [2.05, 4.69) is 10.3 Å². The van der Waals surface area contributed by atoms with Crippen LogP contribution in [0, 0.1) is 0 Å². The van der Waals surface area contributed by atoms with E-state index in [4.69, 9.17) is 11.6 Å². The molecule has 0 spiro atoms. The van der Waals surface area contributed by atoms with Crippen LogP contribution in [0.5, 0.6) is 0 Å². The highest BCUT2D eigenvalue weighted by Gasteiger charge is 2.26. The smallest absolute Gasteiger partial charge is 0.243 e. The zero-order chi connectivity index (χ0) is 21.8. The lowest BCUT2D eigenvalue weighted by Crippen LogP contribution is -2.35. The number of hydrogen-bond donors (Lipinski definition) is 1. The summed E-state index contributed by atoms with van der Waals surface area (Å²) in [6.45, 7) is 1.08. The van der Waals surface area contributed by atoms with Gasteiger partial charge in [0.2, 0.25) is 15.9 Å². The van der Waals surface area contributed by atoms with Crippen LogP contribution in [0.3, 0.4) is 0 Å². The molecule has 0 radical (unpaired) electrons. The number of nitrogens with one attached hydrogen (secondary N) is 1. The Bertz CT molecular complexity index is 1190. The Balaban J connectivity index is 1.43. The molecule has 0 unspecified atom stereocenters. The fraction of sp³-hybridized carbons (Fsp3) is 0.273. The van der Waals surface area contributed by atoms with Crippen LogP contribution >= 0.6 is 22.9 Å². The van der Waals surface area contributed by atoms with Crippen LogP contribution < -0.4 is 5.32 Å². The summed E-state index contributed by atoms with van der Waals surface area (Å²) in [6.07, 6.45) is 2.90. The molecule has 9 heteroatoms. The zero-order valence-electron chi connectivity index (χ0n) is 16.8. The van der Waals surface area contributed by atoms with Crippen molar-refractivity contribution in [1.82, 2.24) is 9.29 Å². The number of piperidine rings is 1. The maximum Gasteiger partial charge on any atom is 0.243 e. The molecule has 31 heavy (non-hydrogen) atoms. The number of carbonyl (C=O) groups is 1. The Morgan fingerprint density at radius 2 is 1.87 bits per heavy atom. The number of hydrogen-bond acceptors (Lipinski definition) is 5. The molecule has 0 aliphatic carbocycles. The third kappa shape index (κ3) is 5.33. The summed E-state index contributed by atoms with van der Waals surface area (Å²) in [4.78, 5) is 17.2. The highest BCUT2D eigenvalue weighted by Crippen LogP contribution is 2.27. The van der Waals surface area contributed by atoms with Crippen LogP contribution in [0.2, 0.25) is 5.02 Å². The van der Waals surface area contributed by atoms with Crippen molar-refractivity contribution in [3.05, 3.63) is 64.6 Å². The molecule has 1 amide bonds. The van der Waals surface area contributed by atoms with E-state index < -0.39 is 10.0 Å². The number of sulfonamides is 1. The first-order valence-electron chi connectivity index (χ1n) is 10.0. The van der Waals surface area contributed by atoms with Crippen LogP contribution in [-0.2, 0) is 21.2 Å². The molecule has 1 N–H and O–H groups in total. The van der Waals surface area contributed by atoms with Crippen molar-refractivity contribution in [1.29, 1.82) is 0 Å². The molecule has 0 bridgehead atoms. The Morgan fingerprint density at radius 3 is 2.65 bits per heavy atom. The normalized spacial score (nSPS) is 15.0. The predicted octanol–water partition coefficient (Wildman–Crippen LogP) is 4.82. The first-order chi connectivity index (χ1) is 14.9. The lowest BCUT2D eigenvalue weighted by Gasteiger charge is -2.26. The summed E-state index contributed by atoms with van der Waals surface area (Å²) < 4.78 is 27.3. The van der Waals surface area contributed by atoms with Crippen molar-refractivity contribution < 1.29 is 13.2 Å². The van der Waals surface area contributed by atoms with Crippen LogP contribution in [-0.4, -0.2) is 36.7 Å². The number of carbonyl (C=O) groups excluding carboxylic acids is 1. The van der Waals surface area contributed by atoms with Gasteiger partial charge in [-0.3, -0.25) is 4.79 Å². The summed E-state index contributed by atoms with van der Waals surface area (Å²) in [5, 5.41) is 6.05. The van der Waals surface area contributed by atoms with Gasteiger partial charge in [-0.2, -0.15) is 4.31 Å². The molecule has 1 aromatic heterocycles. The molecular weight excluding hydrogens is 454 g/mol. The van der Waals surface area contributed by atoms with E-state index in [1.54, 1.807) is 24.3 Å². The minimum absolute atomic E-state index is 0.0974. The van der Waals surface area contributed by atoms with Crippen LogP contribution in [0.25, 0.3) is 10.6 Å². The molecule has 0 saturated carbocycles. The molecule has 1 aliphatic rings. The molecule has 0 atom stereocenters. The molecular formula is C22H22ClN3O3S2. The first kappa shape index (κ1) is 22.0. The second-order valence-electron chi connectivity index (χ2n) is 7.37. The summed E-state index contributed by atoms with van der Waals surface area (Å²) in [5.74, 6) is -0.254. The van der Waals surface area contributed by atoms with Crippen LogP contribution in [0.4, 0.5) is 5.69 Å². The van der Waals surface area contributed by atoms with Crippen LogP contribution in [0.1, 0.15) is 25.0 Å². The number of aromatic nitrogens is 1. The van der Waals surface area contributed by atoms with Gasteiger partial charge in [0.15, 0.2) is 0 Å². The van der Waals surface area contributed by atoms with Gasteiger partial charge in [-0.05, 0) is 43.2 Å². The summed E-state index contributed by atoms with van der Waals surface area (Å²) >= 11 is 7.48. The molecule has 3 aromatic rings. The lowest BCUT2D eigenvalue weighted by atomic mass is 10.2. The number of thiazole rings is 1. The Morgan fingerprint density at radius 1 is 1.10 bits per heavy atom. The first-order valence-corrected chi connectivity index (χ1v) is 12.7. The SMILES string of the molecule is O=C(Cc1csc(-c2cccc(Cl)c2)n1)Nc1cccc(S(=O)(=O)N2CCCCC2)c1. The van der Waals surface area contributed by atoms with Gasteiger partial charge >= 0.3 is 0 Å². The monoisotopic (exact) mass is 475 g/mol. The van der Waals surface area contributed by atoms with E-state index >= 15 is 0 Å². The summed E-state index contributed by atoms with van der Waals surface area (Å²) in [5.41, 5.74) is 2.00. The topological polar surface area (TPSA) is 79.4 Å². The van der Waals surface area contributed by atoms with Crippen molar-refractivity contribution in [2.45, 2.75) is 30.6 Å². The maximum absolute atomic E-state index is 12.9. The standard InChI is InChI=1S/C22H22ClN3O3S2/c23-17-7-4-6-16(12-17)22-25-19(15-30-22)14-21(27)24-18-8-5-9-20(13-18)31(28,29)26-10-2-1-3-11-26/h4-9,12-13,15H,1-3,10-11,14H2,(H,24,27). The van der Waals surface area contributed by atoms with E-state index in [0.29, 0.717) is 29.5 Å². The highest BCUT2D eigenvalue weighted by atomic mass is 35.5. The van der Waals surface area contributed by atoms with Crippen molar-refractivity contribution in [2.24, 2.45) is 0 Å². The summed E-state index contributed by atoms with van der Waals surface area (Å²) in [7, 11) is -3.55. The third-order valence-electron chi connectivity index (χ3n) is 5.04. The molecule has 1 aliphatic heterocycles. The Kier molecular flexibility index (Phi) is 6.71. The number of halogens is 1. The average Bonchev–Trinajstić information content (AvgIpc) is 3.23. The molecule has 1 fully saturated rings. The van der Waals surface area contributed by atoms with Gasteiger partial charge in [0.05, 0.1) is 17.0 Å². The van der Waals surface area contributed by atoms with Gasteiger partial charge in [-0.1, -0.05) is 36.2 Å². The molecule has 4 rings (SSSR count). The quantitative estimate of drug-likeness (QED) is 0.554. The maximum atomic E-state index is 12.9. The van der Waals surface area contributed by atoms with Gasteiger partial charge < -0.3 is 5.32 Å². The van der Waals surface area contributed by atoms with Crippen molar-refractivity contribution >= 4 is 44.6 Å². The van der Waals surface area contributed by atoms with Crippen molar-refractivity contribution in [2.75, 3.05) is 18.4 Å². The van der Waals surface area contributed by atoms with Gasteiger partial charge in [0, 0.05) is 34.7 Å². The largest absolute Gasteiger partial charge is 0.326 e. The zero-order valence-corrected chi connectivity index (χ0v) is 19.1. The summed E-state index contributed by atoms with van der Waals surface area (Å²) in [6, 6.07) is 13.8. The Hall–Kier alpha value is -2.26. The number of nitrogens with zero attached hydrogens (tertiary/aromatic N) is 2. The van der Waals surface area contributed by atoms with Crippen LogP contribution in [0.15, 0.2) is 58.8 Å². The van der Waals surface area contributed by atoms with Gasteiger partial charge in [-0.15, -0.1) is 11.3 Å². The minimum atomic E-state index is -3.55. The van der Waals surface area contributed by atoms with Crippen molar-refractivity contribution in [3.8, 4) is 10.6 Å². The van der Waals surface area contributed by atoms with Gasteiger partial charge in [-0.25, -0.2) is 13.4 Å². The minimum Gasteiger partial charge on any atom is -0.326 e. The van der Waals surface area contributed by atoms with Gasteiger partial charge in [0.1, 0.15) is 5.01 Å². The average molecular weight is 476 g/mol. The molecule has 162 valence electrons. The highest BCUT2D eigenvalue weighted by molar-refractivity contribution is 7.89. The van der Waals surface area contributed by atoms with E-state index in [-0.39, 0.29) is 17.2 Å². The van der Waals surface area contributed by atoms with E-state index in [1.165, 1.54) is 21.7 Å². The number of benzene rings is 2. The van der Waals surface area contributed by atoms with E-state index in [0.717, 1.165) is 29.8 Å². The lowest BCUT2D eigenvalue weighted by molar-refractivity contribution is -0.115. The number of rotatable bonds is 6. The van der Waals surface area contributed by atoms with Gasteiger partial charge in [0.25, 0.3) is 0 Å². The number of amides is 1. The molecule has 2 heterocycles. The molecule has 1 saturated heterocycles. The van der Waals surface area contributed by atoms with Crippen molar-refractivity contribution in [3.63, 3.8) is 0 Å². The number of anilines is 1. The van der Waals surface area contributed by atoms with E-state index in [9.17, 15) is 13.2 Å². The predicted molar refractivity (Wildman–Crippen MR) is 124 cm³/mol. The second kappa shape index (κ2) is 9.48. The Labute approximate surface area is 190 Å². The molecule has 2 aromatic carbocycles.